The van der Waals surface area contributed by atoms with Crippen LogP contribution in [0, 0.1) is 5.82 Å². The highest BCUT2D eigenvalue weighted by Gasteiger charge is 2.41. The molecule has 1 heterocycles. The molecule has 0 saturated carbocycles. The van der Waals surface area contributed by atoms with E-state index >= 15 is 0 Å². The van der Waals surface area contributed by atoms with Crippen molar-refractivity contribution >= 4 is 39.8 Å². The smallest absolute Gasteiger partial charge is 0.193 e. The van der Waals surface area contributed by atoms with E-state index in [1.165, 1.54) is 12.1 Å². The predicted octanol–water partition coefficient (Wildman–Crippen LogP) is 1.56. The van der Waals surface area contributed by atoms with Gasteiger partial charge in [0.15, 0.2) is 15.8 Å². The van der Waals surface area contributed by atoms with E-state index in [4.69, 9.17) is 0 Å². The number of nitrogens with one attached hydrogen (secondary N) is 1. The van der Waals surface area contributed by atoms with Crippen molar-refractivity contribution in [1.29, 1.82) is 0 Å². The number of nitrogens with zero attached hydrogens (tertiary/aromatic N) is 2. The summed E-state index contributed by atoms with van der Waals surface area (Å²) in [7, 11) is -1.55. The standard InChI is InChI=1S/C16H24FN3O3S.HI/c1-16(2)11-20(8-9-24(16,22)23)15(18-3)19-10-14(21)12-6-4-5-7-13(12)17;/h4-7,14,21H,8-11H2,1-3H3,(H,18,19);1H. The molecule has 1 aliphatic heterocycles. The summed E-state index contributed by atoms with van der Waals surface area (Å²) in [6, 6.07) is 6.05. The zero-order valence-corrected chi connectivity index (χ0v) is 17.7. The predicted molar refractivity (Wildman–Crippen MR) is 108 cm³/mol. The number of aliphatic hydroxyl groups is 1. The highest BCUT2D eigenvalue weighted by atomic mass is 127. The molecular weight excluding hydrogens is 460 g/mol. The summed E-state index contributed by atoms with van der Waals surface area (Å²) < 4.78 is 37.0. The van der Waals surface area contributed by atoms with E-state index in [9.17, 15) is 17.9 Å². The van der Waals surface area contributed by atoms with Gasteiger partial charge in [0, 0.05) is 32.2 Å². The molecule has 1 aliphatic rings. The Kier molecular flexibility index (Phi) is 7.63. The number of aliphatic imine (C=N–C) groups is 1. The summed E-state index contributed by atoms with van der Waals surface area (Å²) in [6.07, 6.45) is -1.02. The summed E-state index contributed by atoms with van der Waals surface area (Å²) in [5, 5.41) is 13.2. The Morgan fingerprint density at radius 3 is 2.64 bits per heavy atom. The Labute approximate surface area is 165 Å². The molecule has 0 radical (unpaired) electrons. The number of aliphatic hydroxyl groups excluding tert-OH is 1. The second kappa shape index (κ2) is 8.63. The van der Waals surface area contributed by atoms with Crippen molar-refractivity contribution in [1.82, 2.24) is 10.2 Å². The Morgan fingerprint density at radius 2 is 2.08 bits per heavy atom. The first-order valence-corrected chi connectivity index (χ1v) is 9.43. The minimum atomic E-state index is -3.14. The number of guanidine groups is 1. The summed E-state index contributed by atoms with van der Waals surface area (Å²) in [5.74, 6) is 0.0803. The molecule has 0 aromatic heterocycles. The van der Waals surface area contributed by atoms with Crippen LogP contribution in [0.1, 0.15) is 25.5 Å². The summed E-state index contributed by atoms with van der Waals surface area (Å²) in [6.45, 7) is 4.11. The second-order valence-electron chi connectivity index (χ2n) is 6.47. The fourth-order valence-corrected chi connectivity index (χ4v) is 4.07. The van der Waals surface area contributed by atoms with Gasteiger partial charge in [-0.25, -0.2) is 12.8 Å². The molecule has 1 saturated heterocycles. The minimum Gasteiger partial charge on any atom is -0.386 e. The van der Waals surface area contributed by atoms with Gasteiger partial charge >= 0.3 is 0 Å². The van der Waals surface area contributed by atoms with Gasteiger partial charge in [0.05, 0.1) is 16.6 Å². The monoisotopic (exact) mass is 485 g/mol. The van der Waals surface area contributed by atoms with Gasteiger partial charge in [0.25, 0.3) is 0 Å². The van der Waals surface area contributed by atoms with E-state index in [1.54, 1.807) is 33.0 Å². The fourth-order valence-electron chi connectivity index (χ4n) is 2.70. The van der Waals surface area contributed by atoms with E-state index in [0.717, 1.165) is 0 Å². The molecule has 1 aromatic carbocycles. The van der Waals surface area contributed by atoms with E-state index in [1.807, 2.05) is 4.90 Å². The Bertz CT molecular complexity index is 725. The maximum Gasteiger partial charge on any atom is 0.193 e. The van der Waals surface area contributed by atoms with Crippen LogP contribution in [0.4, 0.5) is 4.39 Å². The first-order valence-electron chi connectivity index (χ1n) is 7.78. The van der Waals surface area contributed by atoms with Crippen molar-refractivity contribution in [3.05, 3.63) is 35.6 Å². The van der Waals surface area contributed by atoms with Crippen molar-refractivity contribution in [3.63, 3.8) is 0 Å². The van der Waals surface area contributed by atoms with Gasteiger partial charge in [-0.15, -0.1) is 24.0 Å². The van der Waals surface area contributed by atoms with Gasteiger partial charge in [-0.3, -0.25) is 4.99 Å². The third kappa shape index (κ3) is 5.04. The average Bonchev–Trinajstić information content (AvgIpc) is 2.51. The quantitative estimate of drug-likeness (QED) is 0.386. The molecule has 9 heteroatoms. The van der Waals surface area contributed by atoms with Crippen molar-refractivity contribution in [2.75, 3.05) is 32.4 Å². The summed E-state index contributed by atoms with van der Waals surface area (Å²) in [5.41, 5.74) is 0.210. The third-order valence-electron chi connectivity index (χ3n) is 4.27. The Hall–Kier alpha value is -0.940. The van der Waals surface area contributed by atoms with Crippen LogP contribution in [0.2, 0.25) is 0 Å². The van der Waals surface area contributed by atoms with Crippen LogP contribution < -0.4 is 5.32 Å². The zero-order chi connectivity index (χ0) is 18.0. The van der Waals surface area contributed by atoms with E-state index in [0.29, 0.717) is 19.0 Å². The van der Waals surface area contributed by atoms with Gasteiger partial charge in [-0.1, -0.05) is 18.2 Å². The lowest BCUT2D eigenvalue weighted by Crippen LogP contribution is -2.57. The lowest BCUT2D eigenvalue weighted by Gasteiger charge is -2.39. The fraction of sp³-hybridized carbons (Fsp3) is 0.562. The van der Waals surface area contributed by atoms with Crippen LogP contribution in [0.15, 0.2) is 29.3 Å². The first-order chi connectivity index (χ1) is 11.2. The SMILES string of the molecule is CN=C(NCC(O)c1ccccc1F)N1CCS(=O)(=O)C(C)(C)C1.I. The number of benzene rings is 1. The molecule has 0 spiro atoms. The van der Waals surface area contributed by atoms with Gasteiger partial charge < -0.3 is 15.3 Å². The molecule has 0 bridgehead atoms. The van der Waals surface area contributed by atoms with E-state index in [-0.39, 0.29) is 41.8 Å². The maximum atomic E-state index is 13.7. The lowest BCUT2D eigenvalue weighted by atomic mass is 10.1. The molecule has 2 N–H and O–H groups in total. The van der Waals surface area contributed by atoms with Crippen molar-refractivity contribution in [2.24, 2.45) is 4.99 Å². The van der Waals surface area contributed by atoms with Crippen LogP contribution in [-0.2, 0) is 9.84 Å². The minimum absolute atomic E-state index is 0. The summed E-state index contributed by atoms with van der Waals surface area (Å²) >= 11 is 0. The zero-order valence-electron chi connectivity index (χ0n) is 14.6. The maximum absolute atomic E-state index is 13.7. The van der Waals surface area contributed by atoms with Crippen LogP contribution in [-0.4, -0.2) is 61.6 Å². The Morgan fingerprint density at radius 1 is 1.44 bits per heavy atom. The van der Waals surface area contributed by atoms with E-state index in [2.05, 4.69) is 10.3 Å². The largest absolute Gasteiger partial charge is 0.386 e. The molecule has 142 valence electrons. The molecule has 0 aliphatic carbocycles. The molecule has 1 fully saturated rings. The van der Waals surface area contributed by atoms with Gasteiger partial charge in [0.1, 0.15) is 5.82 Å². The molecular formula is C16H25FIN3O3S. The van der Waals surface area contributed by atoms with Crippen LogP contribution in [0.25, 0.3) is 0 Å². The van der Waals surface area contributed by atoms with Gasteiger partial charge in [-0.05, 0) is 19.9 Å². The number of halogens is 2. The van der Waals surface area contributed by atoms with E-state index < -0.39 is 26.5 Å². The van der Waals surface area contributed by atoms with Crippen LogP contribution in [0.5, 0.6) is 0 Å². The Balaban J connectivity index is 0.00000312. The second-order valence-corrected chi connectivity index (χ2v) is 9.21. The molecule has 2 rings (SSSR count). The topological polar surface area (TPSA) is 82.0 Å². The lowest BCUT2D eigenvalue weighted by molar-refractivity contribution is 0.174. The van der Waals surface area contributed by atoms with Gasteiger partial charge in [0.2, 0.25) is 0 Å². The third-order valence-corrected chi connectivity index (χ3v) is 6.81. The van der Waals surface area contributed by atoms with Crippen LogP contribution >= 0.6 is 24.0 Å². The highest BCUT2D eigenvalue weighted by Crippen LogP contribution is 2.24. The molecule has 0 amide bonds. The van der Waals surface area contributed by atoms with Crippen molar-refractivity contribution in [3.8, 4) is 0 Å². The van der Waals surface area contributed by atoms with Crippen molar-refractivity contribution < 1.29 is 17.9 Å². The summed E-state index contributed by atoms with van der Waals surface area (Å²) in [4.78, 5) is 5.99. The first kappa shape index (κ1) is 22.1. The molecule has 6 nitrogen and oxygen atoms in total. The van der Waals surface area contributed by atoms with Gasteiger partial charge in [-0.2, -0.15) is 0 Å². The number of rotatable bonds is 3. The van der Waals surface area contributed by atoms with Crippen molar-refractivity contribution in [2.45, 2.75) is 24.7 Å². The number of hydrogen-bond acceptors (Lipinski definition) is 4. The normalized spacial score (nSPS) is 20.5. The van der Waals surface area contributed by atoms with Crippen LogP contribution in [0.3, 0.4) is 0 Å². The molecule has 1 unspecified atom stereocenters. The highest BCUT2D eigenvalue weighted by molar-refractivity contribution is 14.0. The average molecular weight is 485 g/mol. The number of sulfone groups is 1. The molecule has 25 heavy (non-hydrogen) atoms. The molecule has 1 atom stereocenters. The number of hydrogen-bond donors (Lipinski definition) is 2. The molecule has 1 aromatic rings.